The Kier molecular flexibility index (Phi) is 17.1. The molecule has 0 saturated carbocycles. The maximum absolute atomic E-state index is 14.4. The SMILES string of the molecule is Cc1ccsc1-c1ccc([C@H]2NC(=O)[C@@H]3C[C@@H](O)CN3C(=O)[C@H](C(C)(C)C)NC(=O)CSC[C@H](C(N)=O)NC(=O)[C@H](NC(=O)C[C@@H]3C=C(c4ccc(Cl)cc4)c4c(sc(C)c4C)-n4c(C)nnc43)NC(=O)CNC2=O)cc1. The summed E-state index contributed by atoms with van der Waals surface area (Å²) >= 11 is 10.3. The highest BCUT2D eigenvalue weighted by atomic mass is 35.5. The molecule has 3 aliphatic heterocycles. The number of nitrogens with zero attached hydrogens (tertiary/aromatic N) is 4. The molecule has 3 aromatic heterocycles. The van der Waals surface area contributed by atoms with E-state index in [9.17, 15) is 43.5 Å². The Bertz CT molecular complexity index is 3170. The summed E-state index contributed by atoms with van der Waals surface area (Å²) in [6.45, 7) is 11.9. The standard InChI is InChI=1S/C53H60ClN11O9S3/c1-25-16-17-76-43(25)31-10-8-30(9-11-31)42-49(72)56-21-39(68)60-46(50(73)57-36(45(55)70)23-75-24-40(69)58-44(53(5,6)7)51(74)64-22-34(66)20-37(64)48(71)61-42)59-38(67)19-32-18-35(29-12-14-33(54)15-13-29)41-26(2)27(3)77-52(41)65-28(4)62-63-47(32)65/h8-18,32,34,36-37,42,44,46,66H,19-24H2,1-7H3,(H2,55,70)(H,56,72)(H,57,73)(H,58,69)(H,59,67)(H,60,68)(H,61,71)/t32-,34+,36+,37-,42+,44+,46+/m0/s1. The third-order valence-corrected chi connectivity index (χ3v) is 17.2. The molecule has 20 nitrogen and oxygen atoms in total. The molecule has 0 radical (unpaired) electrons. The van der Waals surface area contributed by atoms with E-state index in [2.05, 4.69) is 42.1 Å². The van der Waals surface area contributed by atoms with Crippen molar-refractivity contribution in [2.75, 3.05) is 24.6 Å². The predicted octanol–water partition coefficient (Wildman–Crippen LogP) is 3.61. The molecule has 0 bridgehead atoms. The highest BCUT2D eigenvalue weighted by molar-refractivity contribution is 8.00. The average Bonchev–Trinajstić information content (AvgIpc) is 4.24. The topological polar surface area (TPSA) is 289 Å². The van der Waals surface area contributed by atoms with E-state index in [1.807, 2.05) is 55.0 Å². The van der Waals surface area contributed by atoms with E-state index in [0.717, 1.165) is 59.9 Å². The smallest absolute Gasteiger partial charge is 0.264 e. The molecule has 406 valence electrons. The lowest BCUT2D eigenvalue weighted by atomic mass is 9.85. The fourth-order valence-corrected chi connectivity index (χ4v) is 12.6. The van der Waals surface area contributed by atoms with Crippen LogP contribution in [0.3, 0.4) is 0 Å². The number of fused-ring (bicyclic) bond motifs is 4. The van der Waals surface area contributed by atoms with E-state index in [-0.39, 0.29) is 30.9 Å². The molecule has 24 heteroatoms. The number of aliphatic hydroxyl groups excluding tert-OH is 1. The number of aliphatic hydroxyl groups is 1. The number of carbonyl (C=O) groups excluding carboxylic acids is 8. The first-order valence-electron chi connectivity index (χ1n) is 24.8. The average molecular weight is 1130 g/mol. The van der Waals surface area contributed by atoms with E-state index >= 15 is 0 Å². The van der Waals surface area contributed by atoms with Gasteiger partial charge in [0.05, 0.1) is 18.4 Å². The van der Waals surface area contributed by atoms with Gasteiger partial charge < -0.3 is 47.6 Å². The van der Waals surface area contributed by atoms with Crippen LogP contribution in [0.15, 0.2) is 66.1 Å². The van der Waals surface area contributed by atoms with Gasteiger partial charge >= 0.3 is 0 Å². The summed E-state index contributed by atoms with van der Waals surface area (Å²) < 4.78 is 1.90. The predicted molar refractivity (Wildman–Crippen MR) is 294 cm³/mol. The van der Waals surface area contributed by atoms with Gasteiger partial charge in [0.15, 0.2) is 6.17 Å². The number of halogens is 1. The van der Waals surface area contributed by atoms with E-state index in [0.29, 0.717) is 22.2 Å². The van der Waals surface area contributed by atoms with E-state index < -0.39 is 102 Å². The van der Waals surface area contributed by atoms with Gasteiger partial charge in [-0.1, -0.05) is 74.8 Å². The number of carbonyl (C=O) groups is 8. The zero-order valence-electron chi connectivity index (χ0n) is 43.3. The lowest BCUT2D eigenvalue weighted by molar-refractivity contribution is -0.144. The second kappa shape index (κ2) is 23.4. The van der Waals surface area contributed by atoms with Crippen LogP contribution < -0.4 is 37.6 Å². The number of benzene rings is 2. The van der Waals surface area contributed by atoms with Crippen molar-refractivity contribution in [3.63, 3.8) is 0 Å². The number of thioether (sulfide) groups is 1. The van der Waals surface area contributed by atoms with Crippen molar-refractivity contribution < 1.29 is 43.5 Å². The van der Waals surface area contributed by atoms with Gasteiger partial charge in [-0.15, -0.1) is 44.6 Å². The van der Waals surface area contributed by atoms with Crippen molar-refractivity contribution in [1.29, 1.82) is 0 Å². The first-order chi connectivity index (χ1) is 36.5. The van der Waals surface area contributed by atoms with E-state index in [1.54, 1.807) is 75.4 Å². The monoisotopic (exact) mass is 1130 g/mol. The van der Waals surface area contributed by atoms with Crippen molar-refractivity contribution in [2.24, 2.45) is 11.1 Å². The van der Waals surface area contributed by atoms with Gasteiger partial charge in [-0.05, 0) is 90.1 Å². The number of rotatable bonds is 7. The Hall–Kier alpha value is -6.92. The van der Waals surface area contributed by atoms with Gasteiger partial charge in [-0.3, -0.25) is 42.9 Å². The number of allylic oxidation sites excluding steroid dienone is 1. The Balaban J connectivity index is 1.11. The summed E-state index contributed by atoms with van der Waals surface area (Å²) in [7, 11) is 0. The van der Waals surface area contributed by atoms with E-state index in [1.165, 1.54) is 16.2 Å². The van der Waals surface area contributed by atoms with E-state index in [4.69, 9.17) is 17.3 Å². The molecule has 5 aromatic rings. The zero-order chi connectivity index (χ0) is 55.6. The number of nitrogens with two attached hydrogens (primary N) is 1. The molecule has 0 spiro atoms. The Morgan fingerprint density at radius 3 is 2.23 bits per heavy atom. The molecule has 77 heavy (non-hydrogen) atoms. The molecule has 0 unspecified atom stereocenters. The molecule has 6 heterocycles. The van der Waals surface area contributed by atoms with Crippen LogP contribution in [0.25, 0.3) is 21.0 Å². The number of aromatic nitrogens is 3. The Labute approximate surface area is 461 Å². The second-order valence-corrected chi connectivity index (χ2v) is 23.9. The van der Waals surface area contributed by atoms with Gasteiger partial charge in [-0.2, -0.15) is 0 Å². The number of hydrogen-bond donors (Lipinski definition) is 8. The fourth-order valence-electron chi connectivity index (χ4n) is 9.48. The van der Waals surface area contributed by atoms with Crippen molar-refractivity contribution in [3.8, 4) is 15.4 Å². The number of hydrogen-bond acceptors (Lipinski definition) is 14. The van der Waals surface area contributed by atoms with Crippen LogP contribution in [0.5, 0.6) is 0 Å². The van der Waals surface area contributed by atoms with Gasteiger partial charge in [0, 0.05) is 51.4 Å². The number of amides is 8. The van der Waals surface area contributed by atoms with Gasteiger partial charge in [0.2, 0.25) is 41.4 Å². The zero-order valence-corrected chi connectivity index (χ0v) is 46.5. The first kappa shape index (κ1) is 56.3. The summed E-state index contributed by atoms with van der Waals surface area (Å²) in [5.74, 6) is -6.98. The summed E-state index contributed by atoms with van der Waals surface area (Å²) in [5.41, 5.74) is 10.6. The highest BCUT2D eigenvalue weighted by Crippen LogP contribution is 2.44. The molecule has 8 amide bonds. The van der Waals surface area contributed by atoms with Crippen molar-refractivity contribution in [3.05, 3.63) is 115 Å². The molecule has 2 saturated heterocycles. The summed E-state index contributed by atoms with van der Waals surface area (Å²) in [5, 5.41) is 38.7. The maximum Gasteiger partial charge on any atom is 0.264 e. The maximum atomic E-state index is 14.4. The minimum Gasteiger partial charge on any atom is -0.391 e. The second-order valence-electron chi connectivity index (χ2n) is 20.3. The largest absolute Gasteiger partial charge is 0.391 e. The van der Waals surface area contributed by atoms with Crippen LogP contribution in [0.2, 0.25) is 5.02 Å². The molecule has 8 rings (SSSR count). The van der Waals surface area contributed by atoms with Crippen LogP contribution in [-0.2, 0) is 38.4 Å². The van der Waals surface area contributed by atoms with Gasteiger partial charge in [0.25, 0.3) is 5.91 Å². The molecule has 7 atom stereocenters. The number of aryl methyl sites for hydroxylation is 3. The molecular formula is C53H60ClN11O9S3. The third kappa shape index (κ3) is 12.6. The fraction of sp³-hybridized carbons (Fsp3) is 0.396. The lowest BCUT2D eigenvalue weighted by Gasteiger charge is -2.35. The molecule has 9 N–H and O–H groups in total. The summed E-state index contributed by atoms with van der Waals surface area (Å²) in [6, 6.07) is 10.7. The van der Waals surface area contributed by atoms with Crippen LogP contribution in [-0.4, -0.2) is 127 Å². The molecular weight excluding hydrogens is 1070 g/mol. The van der Waals surface area contributed by atoms with Crippen molar-refractivity contribution >= 4 is 98.9 Å². The van der Waals surface area contributed by atoms with Crippen molar-refractivity contribution in [2.45, 2.75) is 104 Å². The minimum absolute atomic E-state index is 0.177. The van der Waals surface area contributed by atoms with Crippen molar-refractivity contribution in [1.82, 2.24) is 51.6 Å². The quantitative estimate of drug-likeness (QED) is 0.116. The minimum atomic E-state index is -1.87. The van der Waals surface area contributed by atoms with Gasteiger partial charge in [0.1, 0.15) is 40.8 Å². The molecule has 3 aliphatic rings. The van der Waals surface area contributed by atoms with Crippen LogP contribution >= 0.6 is 46.0 Å². The highest BCUT2D eigenvalue weighted by Gasteiger charge is 2.45. The number of thiophene rings is 2. The lowest BCUT2D eigenvalue weighted by Crippen LogP contribution is -2.61. The normalized spacial score (nSPS) is 23.1. The van der Waals surface area contributed by atoms with Gasteiger partial charge in [-0.25, -0.2) is 0 Å². The molecule has 2 fully saturated rings. The summed E-state index contributed by atoms with van der Waals surface area (Å²) in [4.78, 5) is 116. The van der Waals surface area contributed by atoms with Crippen LogP contribution in [0.4, 0.5) is 0 Å². The summed E-state index contributed by atoms with van der Waals surface area (Å²) in [6.07, 6.45) is -1.57. The third-order valence-electron chi connectivity index (χ3n) is 13.6. The molecule has 0 aliphatic carbocycles. The molecule has 2 aromatic carbocycles. The van der Waals surface area contributed by atoms with Crippen LogP contribution in [0, 0.1) is 33.1 Å². The first-order valence-corrected chi connectivity index (χ1v) is 28.0. The number of primary amides is 1. The number of nitrogens with one attached hydrogen (secondary N) is 6. The Morgan fingerprint density at radius 1 is 0.870 bits per heavy atom. The Morgan fingerprint density at radius 2 is 1.57 bits per heavy atom. The van der Waals surface area contributed by atoms with Crippen LogP contribution in [0.1, 0.15) is 89.9 Å².